The minimum absolute atomic E-state index is 0.233. The molecular formula is C7H11N3O. The zero-order chi connectivity index (χ0) is 7.90. The van der Waals surface area contributed by atoms with E-state index in [0.717, 1.165) is 5.69 Å². The summed E-state index contributed by atoms with van der Waals surface area (Å²) in [6, 6.07) is 0. The number of aromatic nitrogens is 2. The smallest absolute Gasteiger partial charge is 0.0922 e. The standard InChI is InChI=1S/C7H11N3O/c8-7(1-5(11)2-7)6-3-9-4-10-6/h3-5,11H,1-2,8H2,(H,9,10). The molecule has 1 aromatic rings. The zero-order valence-electron chi connectivity index (χ0n) is 6.12. The maximum atomic E-state index is 9.07. The highest BCUT2D eigenvalue weighted by Gasteiger charge is 2.42. The van der Waals surface area contributed by atoms with Crippen molar-refractivity contribution < 1.29 is 5.11 Å². The highest BCUT2D eigenvalue weighted by atomic mass is 16.3. The van der Waals surface area contributed by atoms with E-state index in [4.69, 9.17) is 10.8 Å². The summed E-state index contributed by atoms with van der Waals surface area (Å²) in [7, 11) is 0. The largest absolute Gasteiger partial charge is 0.393 e. The Bertz CT molecular complexity index is 238. The van der Waals surface area contributed by atoms with Crippen LogP contribution in [0.3, 0.4) is 0 Å². The molecule has 1 fully saturated rings. The van der Waals surface area contributed by atoms with Gasteiger partial charge in [0.05, 0.1) is 23.7 Å². The van der Waals surface area contributed by atoms with Crippen molar-refractivity contribution in [3.63, 3.8) is 0 Å². The number of aliphatic hydroxyl groups excluding tert-OH is 1. The molecule has 60 valence electrons. The Morgan fingerprint density at radius 2 is 2.45 bits per heavy atom. The summed E-state index contributed by atoms with van der Waals surface area (Å²) >= 11 is 0. The molecule has 0 unspecified atom stereocenters. The third-order valence-electron chi connectivity index (χ3n) is 2.23. The number of nitrogens with zero attached hydrogens (tertiary/aromatic N) is 1. The van der Waals surface area contributed by atoms with Crippen LogP contribution in [0, 0.1) is 0 Å². The minimum Gasteiger partial charge on any atom is -0.393 e. The Morgan fingerprint density at radius 1 is 1.73 bits per heavy atom. The van der Waals surface area contributed by atoms with Crippen LogP contribution in [-0.4, -0.2) is 21.2 Å². The average Bonchev–Trinajstić information content (AvgIpc) is 2.34. The van der Waals surface area contributed by atoms with Gasteiger partial charge in [0, 0.05) is 6.20 Å². The van der Waals surface area contributed by atoms with Gasteiger partial charge in [-0.2, -0.15) is 0 Å². The molecule has 0 bridgehead atoms. The van der Waals surface area contributed by atoms with Gasteiger partial charge in [-0.05, 0) is 12.8 Å². The second-order valence-electron chi connectivity index (χ2n) is 3.18. The fraction of sp³-hybridized carbons (Fsp3) is 0.571. The normalized spacial score (nSPS) is 36.7. The van der Waals surface area contributed by atoms with Crippen LogP contribution < -0.4 is 5.73 Å². The number of aliphatic hydroxyl groups is 1. The first-order valence-electron chi connectivity index (χ1n) is 3.66. The molecule has 1 aliphatic rings. The number of H-pyrrole nitrogens is 1. The van der Waals surface area contributed by atoms with Gasteiger partial charge < -0.3 is 15.8 Å². The first-order valence-corrected chi connectivity index (χ1v) is 3.66. The molecular weight excluding hydrogens is 142 g/mol. The molecule has 4 N–H and O–H groups in total. The van der Waals surface area contributed by atoms with Gasteiger partial charge in [-0.15, -0.1) is 0 Å². The van der Waals surface area contributed by atoms with Crippen molar-refractivity contribution in [2.75, 3.05) is 0 Å². The van der Waals surface area contributed by atoms with E-state index in [2.05, 4.69) is 9.97 Å². The van der Waals surface area contributed by atoms with Crippen LogP contribution in [0.1, 0.15) is 18.5 Å². The zero-order valence-corrected chi connectivity index (χ0v) is 6.12. The van der Waals surface area contributed by atoms with Crippen LogP contribution in [0.15, 0.2) is 12.5 Å². The molecule has 2 rings (SSSR count). The summed E-state index contributed by atoms with van der Waals surface area (Å²) < 4.78 is 0. The van der Waals surface area contributed by atoms with Gasteiger partial charge in [-0.3, -0.25) is 0 Å². The Hall–Kier alpha value is -0.870. The molecule has 0 aliphatic heterocycles. The Labute approximate surface area is 64.4 Å². The number of hydrogen-bond acceptors (Lipinski definition) is 3. The van der Waals surface area contributed by atoms with Crippen molar-refractivity contribution in [1.29, 1.82) is 0 Å². The highest BCUT2D eigenvalue weighted by Crippen LogP contribution is 2.37. The second kappa shape index (κ2) is 2.06. The van der Waals surface area contributed by atoms with Gasteiger partial charge in [-0.25, -0.2) is 4.98 Å². The molecule has 0 radical (unpaired) electrons. The van der Waals surface area contributed by atoms with E-state index in [-0.39, 0.29) is 11.6 Å². The van der Waals surface area contributed by atoms with Crippen molar-refractivity contribution in [2.24, 2.45) is 5.73 Å². The molecule has 1 heterocycles. The van der Waals surface area contributed by atoms with Crippen LogP contribution >= 0.6 is 0 Å². The molecule has 0 spiro atoms. The van der Waals surface area contributed by atoms with Crippen molar-refractivity contribution in [2.45, 2.75) is 24.5 Å². The maximum absolute atomic E-state index is 9.07. The number of aromatic amines is 1. The molecule has 0 amide bonds. The van der Waals surface area contributed by atoms with Crippen molar-refractivity contribution in [3.8, 4) is 0 Å². The van der Waals surface area contributed by atoms with E-state index < -0.39 is 0 Å². The number of rotatable bonds is 1. The van der Waals surface area contributed by atoms with E-state index >= 15 is 0 Å². The summed E-state index contributed by atoms with van der Waals surface area (Å²) in [5.41, 5.74) is 6.50. The first-order chi connectivity index (χ1) is 5.21. The predicted molar refractivity (Wildman–Crippen MR) is 39.7 cm³/mol. The highest BCUT2D eigenvalue weighted by molar-refractivity contribution is 5.16. The summed E-state index contributed by atoms with van der Waals surface area (Å²) in [4.78, 5) is 6.83. The molecule has 1 saturated carbocycles. The maximum Gasteiger partial charge on any atom is 0.0922 e. The van der Waals surface area contributed by atoms with Gasteiger partial charge >= 0.3 is 0 Å². The van der Waals surface area contributed by atoms with Gasteiger partial charge in [0.1, 0.15) is 0 Å². The lowest BCUT2D eigenvalue weighted by atomic mass is 9.73. The minimum atomic E-state index is -0.351. The quantitative estimate of drug-likeness (QED) is 0.519. The van der Waals surface area contributed by atoms with Crippen LogP contribution in [0.4, 0.5) is 0 Å². The van der Waals surface area contributed by atoms with E-state index in [1.54, 1.807) is 12.5 Å². The van der Waals surface area contributed by atoms with E-state index in [1.165, 1.54) is 0 Å². The Kier molecular flexibility index (Phi) is 1.27. The molecule has 0 atom stereocenters. The number of imidazole rings is 1. The van der Waals surface area contributed by atoms with E-state index in [9.17, 15) is 0 Å². The van der Waals surface area contributed by atoms with Gasteiger partial charge in [0.15, 0.2) is 0 Å². The first kappa shape index (κ1) is 6.82. The average molecular weight is 153 g/mol. The topological polar surface area (TPSA) is 74.9 Å². The van der Waals surface area contributed by atoms with Gasteiger partial charge in [0.25, 0.3) is 0 Å². The fourth-order valence-corrected chi connectivity index (χ4v) is 1.53. The number of nitrogens with two attached hydrogens (primary N) is 1. The molecule has 0 aromatic carbocycles. The molecule has 0 saturated heterocycles. The molecule has 4 heteroatoms. The van der Waals surface area contributed by atoms with Crippen LogP contribution in [0.5, 0.6) is 0 Å². The van der Waals surface area contributed by atoms with E-state index in [1.807, 2.05) is 0 Å². The van der Waals surface area contributed by atoms with Crippen LogP contribution in [-0.2, 0) is 5.54 Å². The molecule has 11 heavy (non-hydrogen) atoms. The van der Waals surface area contributed by atoms with Gasteiger partial charge in [-0.1, -0.05) is 0 Å². The van der Waals surface area contributed by atoms with Crippen LogP contribution in [0.2, 0.25) is 0 Å². The summed E-state index contributed by atoms with van der Waals surface area (Å²) in [6.07, 6.45) is 4.36. The van der Waals surface area contributed by atoms with Crippen LogP contribution in [0.25, 0.3) is 0 Å². The lowest BCUT2D eigenvalue weighted by molar-refractivity contribution is 0.0190. The van der Waals surface area contributed by atoms with Crippen molar-refractivity contribution in [1.82, 2.24) is 9.97 Å². The summed E-state index contributed by atoms with van der Waals surface area (Å²) in [6.45, 7) is 0. The third-order valence-corrected chi connectivity index (χ3v) is 2.23. The Balaban J connectivity index is 2.18. The molecule has 1 aromatic heterocycles. The van der Waals surface area contributed by atoms with Crippen molar-refractivity contribution in [3.05, 3.63) is 18.2 Å². The third kappa shape index (κ3) is 0.948. The van der Waals surface area contributed by atoms with Crippen molar-refractivity contribution >= 4 is 0 Å². The molecule has 4 nitrogen and oxygen atoms in total. The molecule has 1 aliphatic carbocycles. The number of nitrogens with one attached hydrogen (secondary N) is 1. The monoisotopic (exact) mass is 153 g/mol. The second-order valence-corrected chi connectivity index (χ2v) is 3.18. The van der Waals surface area contributed by atoms with E-state index in [0.29, 0.717) is 12.8 Å². The SMILES string of the molecule is NC1(c2cnc[nH]2)CC(O)C1. The lowest BCUT2D eigenvalue weighted by Crippen LogP contribution is -2.51. The summed E-state index contributed by atoms with van der Waals surface area (Å²) in [5, 5.41) is 9.07. The fourth-order valence-electron chi connectivity index (χ4n) is 1.53. The van der Waals surface area contributed by atoms with Gasteiger partial charge in [0.2, 0.25) is 0 Å². The Morgan fingerprint density at radius 3 is 2.91 bits per heavy atom. The number of hydrogen-bond donors (Lipinski definition) is 3. The predicted octanol–water partition coefficient (Wildman–Crippen LogP) is -0.282. The lowest BCUT2D eigenvalue weighted by Gasteiger charge is -2.41. The summed E-state index contributed by atoms with van der Waals surface area (Å²) in [5.74, 6) is 0.